The molecule has 1 N–H and O–H groups in total. The molecule has 2 fully saturated rings. The lowest BCUT2D eigenvalue weighted by molar-refractivity contribution is -0.149. The van der Waals surface area contributed by atoms with Crippen molar-refractivity contribution in [1.29, 1.82) is 0 Å². The van der Waals surface area contributed by atoms with Crippen LogP contribution in [0.4, 0.5) is 11.8 Å². The standard InChI is InChI=1S/C18H24N6O2/c1-14-13-15(21-17(20-14)23-8-2-3-9-23)22-11-5-18(6-12-22,16(25)26)24-10-4-7-19-24/h4,7,10,13H,2-3,5-6,8-9,11-12H2,1H3,(H,25,26). The van der Waals surface area contributed by atoms with E-state index >= 15 is 0 Å². The van der Waals surface area contributed by atoms with Gasteiger partial charge in [0.1, 0.15) is 5.82 Å². The Balaban J connectivity index is 1.55. The van der Waals surface area contributed by atoms with E-state index in [1.54, 1.807) is 23.1 Å². The number of aryl methyl sites for hydroxylation is 1. The van der Waals surface area contributed by atoms with Crippen LogP contribution >= 0.6 is 0 Å². The van der Waals surface area contributed by atoms with E-state index in [4.69, 9.17) is 4.98 Å². The van der Waals surface area contributed by atoms with Gasteiger partial charge in [-0.1, -0.05) is 0 Å². The number of hydrogen-bond donors (Lipinski definition) is 1. The van der Waals surface area contributed by atoms with Crippen LogP contribution < -0.4 is 9.80 Å². The van der Waals surface area contributed by atoms with Crippen molar-refractivity contribution < 1.29 is 9.90 Å². The van der Waals surface area contributed by atoms with Gasteiger partial charge in [-0.15, -0.1) is 0 Å². The summed E-state index contributed by atoms with van der Waals surface area (Å²) in [6.07, 6.45) is 6.72. The highest BCUT2D eigenvalue weighted by atomic mass is 16.4. The largest absolute Gasteiger partial charge is 0.479 e. The molecule has 4 rings (SSSR count). The molecule has 0 amide bonds. The summed E-state index contributed by atoms with van der Waals surface area (Å²) in [5, 5.41) is 14.0. The zero-order chi connectivity index (χ0) is 18.1. The Bertz CT molecular complexity index is 777. The van der Waals surface area contributed by atoms with Crippen molar-refractivity contribution in [3.05, 3.63) is 30.2 Å². The molecule has 8 nitrogen and oxygen atoms in total. The maximum absolute atomic E-state index is 12.0. The minimum atomic E-state index is -0.972. The average molecular weight is 356 g/mol. The van der Waals surface area contributed by atoms with Crippen molar-refractivity contribution in [3.8, 4) is 0 Å². The molecule has 2 saturated heterocycles. The fourth-order valence-electron chi connectivity index (χ4n) is 3.93. The van der Waals surface area contributed by atoms with Gasteiger partial charge in [0.05, 0.1) is 0 Å². The number of carboxylic acid groups (broad SMARTS) is 1. The van der Waals surface area contributed by atoms with Gasteiger partial charge in [-0.2, -0.15) is 10.1 Å². The molecule has 0 aliphatic carbocycles. The second kappa shape index (κ2) is 6.59. The molecule has 0 atom stereocenters. The quantitative estimate of drug-likeness (QED) is 0.891. The highest BCUT2D eigenvalue weighted by molar-refractivity contribution is 5.77. The average Bonchev–Trinajstić information content (AvgIpc) is 3.35. The van der Waals surface area contributed by atoms with Gasteiger partial charge in [0.15, 0.2) is 5.54 Å². The first kappa shape index (κ1) is 16.8. The van der Waals surface area contributed by atoms with Gasteiger partial charge in [0.25, 0.3) is 0 Å². The molecule has 0 aromatic carbocycles. The molecule has 2 aromatic rings. The van der Waals surface area contributed by atoms with Gasteiger partial charge in [-0.3, -0.25) is 4.68 Å². The van der Waals surface area contributed by atoms with Crippen LogP contribution in [0, 0.1) is 6.92 Å². The van der Waals surface area contributed by atoms with Gasteiger partial charge in [-0.25, -0.2) is 9.78 Å². The lowest BCUT2D eigenvalue weighted by Crippen LogP contribution is -2.51. The van der Waals surface area contributed by atoms with Crippen molar-refractivity contribution in [2.75, 3.05) is 36.0 Å². The van der Waals surface area contributed by atoms with Gasteiger partial charge in [0, 0.05) is 63.2 Å². The Morgan fingerprint density at radius 3 is 2.46 bits per heavy atom. The third-order valence-electron chi connectivity index (χ3n) is 5.47. The van der Waals surface area contributed by atoms with E-state index in [9.17, 15) is 9.90 Å². The van der Waals surface area contributed by atoms with E-state index in [0.29, 0.717) is 25.9 Å². The van der Waals surface area contributed by atoms with E-state index in [1.807, 2.05) is 13.0 Å². The molecule has 2 aromatic heterocycles. The number of aliphatic carboxylic acids is 1. The zero-order valence-corrected chi connectivity index (χ0v) is 15.0. The summed E-state index contributed by atoms with van der Waals surface area (Å²) in [5.41, 5.74) is -0.0288. The molecule has 26 heavy (non-hydrogen) atoms. The predicted molar refractivity (Wildman–Crippen MR) is 97.5 cm³/mol. The Morgan fingerprint density at radius 1 is 1.12 bits per heavy atom. The Kier molecular flexibility index (Phi) is 4.26. The van der Waals surface area contributed by atoms with Crippen LogP contribution in [0.25, 0.3) is 0 Å². The number of anilines is 2. The maximum Gasteiger partial charge on any atom is 0.331 e. The SMILES string of the molecule is Cc1cc(N2CCC(C(=O)O)(n3cccn3)CC2)nc(N2CCCC2)n1. The minimum Gasteiger partial charge on any atom is -0.479 e. The second-order valence-electron chi connectivity index (χ2n) is 7.14. The van der Waals surface area contributed by atoms with Gasteiger partial charge >= 0.3 is 5.97 Å². The van der Waals surface area contributed by atoms with E-state index in [1.165, 1.54) is 12.8 Å². The van der Waals surface area contributed by atoms with Crippen LogP contribution in [0.5, 0.6) is 0 Å². The number of nitrogens with zero attached hydrogens (tertiary/aromatic N) is 6. The summed E-state index contributed by atoms with van der Waals surface area (Å²) in [6.45, 7) is 5.25. The Morgan fingerprint density at radius 2 is 1.85 bits per heavy atom. The van der Waals surface area contributed by atoms with Crippen LogP contribution in [-0.4, -0.2) is 57.0 Å². The predicted octanol–water partition coefficient (Wildman–Crippen LogP) is 1.66. The number of rotatable bonds is 4. The van der Waals surface area contributed by atoms with E-state index < -0.39 is 11.5 Å². The molecule has 2 aliphatic heterocycles. The Labute approximate surface area is 152 Å². The summed E-state index contributed by atoms with van der Waals surface area (Å²) >= 11 is 0. The summed E-state index contributed by atoms with van der Waals surface area (Å²) in [4.78, 5) is 25.7. The summed E-state index contributed by atoms with van der Waals surface area (Å²) in [7, 11) is 0. The number of carboxylic acids is 1. The number of piperidine rings is 1. The van der Waals surface area contributed by atoms with Crippen molar-refractivity contribution in [3.63, 3.8) is 0 Å². The third-order valence-corrected chi connectivity index (χ3v) is 5.47. The van der Waals surface area contributed by atoms with E-state index in [-0.39, 0.29) is 0 Å². The van der Waals surface area contributed by atoms with E-state index in [0.717, 1.165) is 30.5 Å². The molecule has 2 aliphatic rings. The molecule has 138 valence electrons. The maximum atomic E-state index is 12.0. The normalized spacial score (nSPS) is 19.7. The van der Waals surface area contributed by atoms with Crippen LogP contribution in [0.15, 0.2) is 24.5 Å². The minimum absolute atomic E-state index is 0.492. The van der Waals surface area contributed by atoms with Crippen LogP contribution in [0.2, 0.25) is 0 Å². The fraction of sp³-hybridized carbons (Fsp3) is 0.556. The second-order valence-corrected chi connectivity index (χ2v) is 7.14. The molecule has 0 unspecified atom stereocenters. The van der Waals surface area contributed by atoms with Gasteiger partial charge < -0.3 is 14.9 Å². The Hall–Kier alpha value is -2.64. The lowest BCUT2D eigenvalue weighted by atomic mass is 9.87. The first-order valence-electron chi connectivity index (χ1n) is 9.18. The summed E-state index contributed by atoms with van der Waals surface area (Å²) < 4.78 is 1.59. The van der Waals surface area contributed by atoms with Gasteiger partial charge in [0.2, 0.25) is 5.95 Å². The van der Waals surface area contributed by atoms with Crippen molar-refractivity contribution in [2.45, 2.75) is 38.1 Å². The zero-order valence-electron chi connectivity index (χ0n) is 15.0. The number of aromatic nitrogens is 4. The first-order chi connectivity index (χ1) is 12.6. The highest BCUT2D eigenvalue weighted by Gasteiger charge is 2.44. The lowest BCUT2D eigenvalue weighted by Gasteiger charge is -2.39. The molecule has 0 spiro atoms. The summed E-state index contributed by atoms with van der Waals surface area (Å²) in [5.74, 6) is 0.857. The highest BCUT2D eigenvalue weighted by Crippen LogP contribution is 2.32. The summed E-state index contributed by atoms with van der Waals surface area (Å²) in [6, 6.07) is 3.76. The first-order valence-corrected chi connectivity index (χ1v) is 9.18. The smallest absolute Gasteiger partial charge is 0.331 e. The van der Waals surface area contributed by atoms with Gasteiger partial charge in [-0.05, 0) is 25.8 Å². The molecular formula is C18H24N6O2. The number of carbonyl (C=O) groups is 1. The fourth-order valence-corrected chi connectivity index (χ4v) is 3.93. The third kappa shape index (κ3) is 2.89. The molecule has 0 radical (unpaired) electrons. The molecule has 0 saturated carbocycles. The van der Waals surface area contributed by atoms with Crippen molar-refractivity contribution >= 4 is 17.7 Å². The molecular weight excluding hydrogens is 332 g/mol. The molecule has 8 heteroatoms. The van der Waals surface area contributed by atoms with Crippen molar-refractivity contribution in [2.24, 2.45) is 0 Å². The topological polar surface area (TPSA) is 87.4 Å². The van der Waals surface area contributed by atoms with E-state index in [2.05, 4.69) is 19.9 Å². The van der Waals surface area contributed by atoms with Crippen LogP contribution in [-0.2, 0) is 10.3 Å². The monoisotopic (exact) mass is 356 g/mol. The van der Waals surface area contributed by atoms with Crippen LogP contribution in [0.1, 0.15) is 31.4 Å². The number of hydrogen-bond acceptors (Lipinski definition) is 6. The molecule has 4 heterocycles. The van der Waals surface area contributed by atoms with Crippen molar-refractivity contribution in [1.82, 2.24) is 19.7 Å². The van der Waals surface area contributed by atoms with Crippen LogP contribution in [0.3, 0.4) is 0 Å². The molecule has 0 bridgehead atoms.